The highest BCUT2D eigenvalue weighted by molar-refractivity contribution is 9.10. The number of rotatable bonds is 1. The predicted octanol–water partition coefficient (Wildman–Crippen LogP) is 5.48. The highest BCUT2D eigenvalue weighted by atomic mass is 79.9. The minimum atomic E-state index is -0.523. The highest BCUT2D eigenvalue weighted by Crippen LogP contribution is 2.45. The molecular weight excluding hydrogens is 532 g/mol. The van der Waals surface area contributed by atoms with Crippen LogP contribution >= 0.6 is 15.9 Å². The lowest BCUT2D eigenvalue weighted by atomic mass is 9.69. The minimum Gasteiger partial charge on any atom is -0.444 e. The van der Waals surface area contributed by atoms with Crippen molar-refractivity contribution < 1.29 is 14.3 Å². The maximum absolute atomic E-state index is 13.8. The third kappa shape index (κ3) is 5.33. The van der Waals surface area contributed by atoms with Crippen LogP contribution < -0.4 is 10.2 Å². The van der Waals surface area contributed by atoms with Gasteiger partial charge >= 0.3 is 6.09 Å². The predicted molar refractivity (Wildman–Crippen MR) is 149 cm³/mol. The van der Waals surface area contributed by atoms with Crippen LogP contribution in [0.15, 0.2) is 51.7 Å². The summed E-state index contributed by atoms with van der Waals surface area (Å²) in [7, 11) is 0. The Bertz CT molecular complexity index is 1250. The van der Waals surface area contributed by atoms with Crippen LogP contribution in [0.1, 0.15) is 57.5 Å². The standard InChI is InChI=1S/C29H35BrN4O3/c1-18-7-8-19(17-31)9-10-32-26-24(18)25(35)20-15-22(30)23(16-21(20)29(26,5)6)33-11-13-34(14-12-33)27(36)37-28(2,3)4/h7-9,15-16,18,32H,10-14H2,1-6H3/b8-7-,19-9+. The summed E-state index contributed by atoms with van der Waals surface area (Å²) in [6, 6.07) is 6.28. The first-order chi connectivity index (χ1) is 17.3. The quantitative estimate of drug-likeness (QED) is 0.484. The molecular formula is C29H35BrN4O3. The van der Waals surface area contributed by atoms with Crippen LogP contribution in [-0.4, -0.2) is 55.1 Å². The van der Waals surface area contributed by atoms with E-state index in [1.54, 1.807) is 11.0 Å². The molecule has 1 atom stereocenters. The van der Waals surface area contributed by atoms with Gasteiger partial charge in [-0.15, -0.1) is 0 Å². The van der Waals surface area contributed by atoms with Crippen molar-refractivity contribution in [1.29, 1.82) is 5.26 Å². The number of piperazine rings is 1. The first-order valence-corrected chi connectivity index (χ1v) is 13.5. The van der Waals surface area contributed by atoms with E-state index < -0.39 is 11.0 Å². The SMILES string of the molecule is CC1/C=C\C(C#N)=C/CNC2=C1C(=O)c1cc(Br)c(N3CCN(C(=O)OC(C)(C)C)CC3)cc1C2(C)C. The van der Waals surface area contributed by atoms with E-state index in [1.165, 1.54) is 0 Å². The molecule has 1 N–H and O–H groups in total. The lowest BCUT2D eigenvalue weighted by Crippen LogP contribution is -2.50. The molecule has 0 spiro atoms. The summed E-state index contributed by atoms with van der Waals surface area (Å²) in [5, 5.41) is 12.9. The summed E-state index contributed by atoms with van der Waals surface area (Å²) in [6.07, 6.45) is 5.30. The van der Waals surface area contributed by atoms with Crippen molar-refractivity contribution in [3.63, 3.8) is 0 Å². The number of anilines is 1. The van der Waals surface area contributed by atoms with Crippen LogP contribution in [0.2, 0.25) is 0 Å². The fourth-order valence-corrected chi connectivity index (χ4v) is 5.80. The summed E-state index contributed by atoms with van der Waals surface area (Å²) in [6.45, 7) is 14.8. The molecule has 1 unspecified atom stereocenters. The molecule has 196 valence electrons. The molecule has 0 radical (unpaired) electrons. The Balaban J connectivity index is 1.65. The molecule has 2 heterocycles. The molecule has 7 nitrogen and oxygen atoms in total. The first-order valence-electron chi connectivity index (χ1n) is 12.7. The monoisotopic (exact) mass is 566 g/mol. The van der Waals surface area contributed by atoms with Crippen LogP contribution in [0.25, 0.3) is 0 Å². The van der Waals surface area contributed by atoms with Crippen LogP contribution in [0.3, 0.4) is 0 Å². The molecule has 1 amide bonds. The van der Waals surface area contributed by atoms with E-state index in [4.69, 9.17) is 4.74 Å². The zero-order chi connectivity index (χ0) is 27.1. The number of benzene rings is 1. The number of carbonyl (C=O) groups is 2. The van der Waals surface area contributed by atoms with E-state index >= 15 is 0 Å². The van der Waals surface area contributed by atoms with E-state index in [0.717, 1.165) is 27.0 Å². The normalized spacial score (nSPS) is 23.8. The molecule has 0 aromatic heterocycles. The summed E-state index contributed by atoms with van der Waals surface area (Å²) in [5.41, 5.74) is 3.93. The Morgan fingerprint density at radius 3 is 2.51 bits per heavy atom. The van der Waals surface area contributed by atoms with Crippen LogP contribution in [-0.2, 0) is 10.2 Å². The van der Waals surface area contributed by atoms with Gasteiger partial charge in [0.25, 0.3) is 0 Å². The lowest BCUT2D eigenvalue weighted by Gasteiger charge is -2.40. The Kier molecular flexibility index (Phi) is 7.31. The number of nitrogens with zero attached hydrogens (tertiary/aromatic N) is 3. The number of halogens is 1. The number of ketones is 1. The molecule has 2 aliphatic heterocycles. The zero-order valence-corrected chi connectivity index (χ0v) is 24.0. The second-order valence-corrected chi connectivity index (χ2v) is 12.2. The minimum absolute atomic E-state index is 0.0105. The maximum atomic E-state index is 13.8. The molecule has 3 aliphatic rings. The summed E-state index contributed by atoms with van der Waals surface area (Å²) >= 11 is 3.73. The summed E-state index contributed by atoms with van der Waals surface area (Å²) < 4.78 is 6.40. The van der Waals surface area contributed by atoms with E-state index in [9.17, 15) is 14.9 Å². The summed E-state index contributed by atoms with van der Waals surface area (Å²) in [4.78, 5) is 30.4. The molecule has 0 saturated carbocycles. The Labute approximate surface area is 228 Å². The highest BCUT2D eigenvalue weighted by Gasteiger charge is 2.41. The molecule has 1 saturated heterocycles. The van der Waals surface area contributed by atoms with Gasteiger partial charge in [0, 0.05) is 70.9 Å². The number of nitriles is 1. The molecule has 0 bridgehead atoms. The van der Waals surface area contributed by atoms with E-state index in [-0.39, 0.29) is 17.8 Å². The van der Waals surface area contributed by atoms with Gasteiger partial charge in [-0.25, -0.2) is 4.79 Å². The van der Waals surface area contributed by atoms with Crippen LogP contribution in [0.5, 0.6) is 0 Å². The second kappa shape index (κ2) is 10.0. The maximum Gasteiger partial charge on any atom is 0.410 e. The van der Waals surface area contributed by atoms with E-state index in [1.807, 2.05) is 45.9 Å². The number of allylic oxidation sites excluding steroid dienone is 5. The molecule has 37 heavy (non-hydrogen) atoms. The van der Waals surface area contributed by atoms with Crippen molar-refractivity contribution in [2.75, 3.05) is 37.6 Å². The topological polar surface area (TPSA) is 85.7 Å². The van der Waals surface area contributed by atoms with Gasteiger partial charge in [-0.05, 0) is 66.5 Å². The average Bonchev–Trinajstić information content (AvgIpc) is 2.91. The molecule has 1 aromatic rings. The van der Waals surface area contributed by atoms with Gasteiger partial charge in [0.2, 0.25) is 0 Å². The zero-order valence-electron chi connectivity index (χ0n) is 22.4. The van der Waals surface area contributed by atoms with Gasteiger partial charge in [-0.1, -0.05) is 26.8 Å². The fraction of sp³-hybridized carbons (Fsp3) is 0.483. The third-order valence-electron chi connectivity index (χ3n) is 7.17. The molecule has 8 heteroatoms. The number of nitrogens with one attached hydrogen (secondary N) is 1. The number of ether oxygens (including phenoxy) is 1. The van der Waals surface area contributed by atoms with Crippen molar-refractivity contribution in [3.05, 3.63) is 62.8 Å². The van der Waals surface area contributed by atoms with Crippen molar-refractivity contribution in [3.8, 4) is 6.07 Å². The Morgan fingerprint density at radius 1 is 1.22 bits per heavy atom. The Hall–Kier alpha value is -3.05. The number of amides is 1. The van der Waals surface area contributed by atoms with E-state index in [0.29, 0.717) is 43.9 Å². The van der Waals surface area contributed by atoms with E-state index in [2.05, 4.69) is 52.1 Å². The lowest BCUT2D eigenvalue weighted by molar-refractivity contribution is 0.0240. The molecule has 1 aliphatic carbocycles. The number of fused-ring (bicyclic) bond motifs is 1. The van der Waals surface area contributed by atoms with Crippen molar-refractivity contribution in [2.45, 2.75) is 52.6 Å². The largest absolute Gasteiger partial charge is 0.444 e. The molecule has 1 aromatic carbocycles. The van der Waals surface area contributed by atoms with Crippen LogP contribution in [0.4, 0.5) is 10.5 Å². The molecule has 4 rings (SSSR count). The van der Waals surface area contributed by atoms with Crippen molar-refractivity contribution in [1.82, 2.24) is 10.2 Å². The number of carbonyl (C=O) groups excluding carboxylic acids is 2. The third-order valence-corrected chi connectivity index (χ3v) is 7.80. The van der Waals surface area contributed by atoms with Crippen molar-refractivity contribution >= 4 is 33.5 Å². The smallest absolute Gasteiger partial charge is 0.410 e. The number of hydrogen-bond acceptors (Lipinski definition) is 6. The Morgan fingerprint density at radius 2 is 1.89 bits per heavy atom. The number of hydrogen-bond donors (Lipinski definition) is 1. The molecule has 1 fully saturated rings. The fourth-order valence-electron chi connectivity index (χ4n) is 5.20. The van der Waals surface area contributed by atoms with Crippen molar-refractivity contribution in [2.24, 2.45) is 5.92 Å². The average molecular weight is 568 g/mol. The van der Waals surface area contributed by atoms with Gasteiger partial charge in [0.15, 0.2) is 5.78 Å². The van der Waals surface area contributed by atoms with Gasteiger partial charge < -0.3 is 19.9 Å². The first kappa shape index (κ1) is 27.0. The van der Waals surface area contributed by atoms with Crippen LogP contribution in [0, 0.1) is 17.2 Å². The van der Waals surface area contributed by atoms with Gasteiger partial charge in [0.05, 0.1) is 11.8 Å². The van der Waals surface area contributed by atoms with Gasteiger partial charge in [-0.2, -0.15) is 5.26 Å². The van der Waals surface area contributed by atoms with Gasteiger partial charge in [-0.3, -0.25) is 4.79 Å². The number of Topliss-reactive ketones (excluding diaryl/α,β-unsaturated/α-hetero) is 1. The second-order valence-electron chi connectivity index (χ2n) is 11.3. The van der Waals surface area contributed by atoms with Gasteiger partial charge in [0.1, 0.15) is 5.60 Å². The summed E-state index contributed by atoms with van der Waals surface area (Å²) in [5.74, 6) is -0.131.